The fourth-order valence-corrected chi connectivity index (χ4v) is 6.13. The highest BCUT2D eigenvalue weighted by atomic mass is 32.2. The van der Waals surface area contributed by atoms with E-state index in [1.54, 1.807) is 0 Å². The van der Waals surface area contributed by atoms with Crippen LogP contribution >= 0.6 is 11.8 Å². The van der Waals surface area contributed by atoms with Gasteiger partial charge < -0.3 is 0 Å². The molecule has 0 saturated carbocycles. The van der Waals surface area contributed by atoms with Crippen molar-refractivity contribution in [3.63, 3.8) is 0 Å². The molecule has 1 aliphatic heterocycles. The standard InChI is InChI=1S/C30H22S/c1-4-10-21(11-5-1)24-16-17-29-27(18-24)28-20-25(22-12-6-2-7-13-22)19-26(30(28)31-29)23-14-8-3-9-15-23/h1-20,26,30H. The molecule has 0 bridgehead atoms. The van der Waals surface area contributed by atoms with Crippen molar-refractivity contribution in [2.45, 2.75) is 16.1 Å². The lowest BCUT2D eigenvalue weighted by atomic mass is 9.81. The first-order chi connectivity index (χ1) is 15.4. The first-order valence-corrected chi connectivity index (χ1v) is 11.6. The molecule has 0 radical (unpaired) electrons. The van der Waals surface area contributed by atoms with Crippen molar-refractivity contribution in [3.05, 3.63) is 138 Å². The fourth-order valence-electron chi connectivity index (χ4n) is 4.70. The van der Waals surface area contributed by atoms with E-state index in [4.69, 9.17) is 0 Å². The molecule has 0 nitrogen and oxygen atoms in total. The molecule has 1 heterocycles. The predicted octanol–water partition coefficient (Wildman–Crippen LogP) is 8.09. The first kappa shape index (κ1) is 18.5. The van der Waals surface area contributed by atoms with Gasteiger partial charge in [-0.2, -0.15) is 0 Å². The maximum Gasteiger partial charge on any atom is 0.0454 e. The molecule has 1 heteroatoms. The molecule has 0 amide bonds. The molecule has 0 fully saturated rings. The van der Waals surface area contributed by atoms with Crippen molar-refractivity contribution in [3.8, 4) is 11.1 Å². The molecule has 0 saturated heterocycles. The summed E-state index contributed by atoms with van der Waals surface area (Å²) in [5, 5.41) is 0.413. The molecule has 2 aliphatic rings. The van der Waals surface area contributed by atoms with Gasteiger partial charge >= 0.3 is 0 Å². The van der Waals surface area contributed by atoms with Gasteiger partial charge in [-0.3, -0.25) is 0 Å². The van der Waals surface area contributed by atoms with Crippen LogP contribution < -0.4 is 0 Å². The third kappa shape index (κ3) is 3.36. The van der Waals surface area contributed by atoms with Gasteiger partial charge in [0.2, 0.25) is 0 Å². The van der Waals surface area contributed by atoms with E-state index in [1.807, 2.05) is 11.8 Å². The third-order valence-electron chi connectivity index (χ3n) is 6.25. The van der Waals surface area contributed by atoms with Gasteiger partial charge in [0, 0.05) is 16.1 Å². The molecular weight excluding hydrogens is 392 g/mol. The van der Waals surface area contributed by atoms with Crippen LogP contribution in [0.4, 0.5) is 0 Å². The minimum atomic E-state index is 0.356. The summed E-state index contributed by atoms with van der Waals surface area (Å²) in [6.07, 6.45) is 4.89. The average Bonchev–Trinajstić information content (AvgIpc) is 3.23. The van der Waals surface area contributed by atoms with E-state index in [1.165, 1.54) is 43.9 Å². The average molecular weight is 415 g/mol. The second-order valence-corrected chi connectivity index (χ2v) is 9.32. The van der Waals surface area contributed by atoms with Gasteiger partial charge in [-0.15, -0.1) is 11.8 Å². The summed E-state index contributed by atoms with van der Waals surface area (Å²) in [7, 11) is 0. The van der Waals surface area contributed by atoms with Gasteiger partial charge in [0.05, 0.1) is 0 Å². The Labute approximate surface area is 188 Å². The molecule has 0 N–H and O–H groups in total. The van der Waals surface area contributed by atoms with Gasteiger partial charge in [-0.25, -0.2) is 0 Å². The predicted molar refractivity (Wildman–Crippen MR) is 133 cm³/mol. The maximum absolute atomic E-state index is 2.47. The van der Waals surface area contributed by atoms with Gasteiger partial charge in [-0.05, 0) is 57.2 Å². The van der Waals surface area contributed by atoms with Crippen molar-refractivity contribution in [1.82, 2.24) is 0 Å². The van der Waals surface area contributed by atoms with Gasteiger partial charge in [0.25, 0.3) is 0 Å². The lowest BCUT2D eigenvalue weighted by Gasteiger charge is -2.27. The minimum absolute atomic E-state index is 0.356. The Kier molecular flexibility index (Phi) is 4.62. The minimum Gasteiger partial charge on any atom is -0.116 e. The van der Waals surface area contributed by atoms with Crippen molar-refractivity contribution >= 4 is 22.9 Å². The summed E-state index contributed by atoms with van der Waals surface area (Å²) in [5.41, 5.74) is 9.38. The van der Waals surface area contributed by atoms with E-state index in [9.17, 15) is 0 Å². The number of fused-ring (bicyclic) bond motifs is 3. The monoisotopic (exact) mass is 414 g/mol. The zero-order valence-corrected chi connectivity index (χ0v) is 17.9. The van der Waals surface area contributed by atoms with E-state index in [0.29, 0.717) is 11.2 Å². The van der Waals surface area contributed by atoms with Crippen LogP contribution in [0.15, 0.2) is 126 Å². The lowest BCUT2D eigenvalue weighted by molar-refractivity contribution is 0.894. The zero-order valence-electron chi connectivity index (χ0n) is 17.1. The largest absolute Gasteiger partial charge is 0.116 e. The van der Waals surface area contributed by atoms with Crippen molar-refractivity contribution in [1.29, 1.82) is 0 Å². The summed E-state index contributed by atoms with van der Waals surface area (Å²) < 4.78 is 0. The number of allylic oxidation sites excluding steroid dienone is 3. The number of hydrogen-bond donors (Lipinski definition) is 0. The lowest BCUT2D eigenvalue weighted by Crippen LogP contribution is -2.16. The van der Waals surface area contributed by atoms with E-state index >= 15 is 0 Å². The number of hydrogen-bond acceptors (Lipinski definition) is 1. The maximum atomic E-state index is 2.47. The number of thioether (sulfide) groups is 1. The normalized spacial score (nSPS) is 19.2. The van der Waals surface area contributed by atoms with Crippen molar-refractivity contribution < 1.29 is 0 Å². The molecular formula is C30H22S. The first-order valence-electron chi connectivity index (χ1n) is 10.8. The molecule has 0 spiro atoms. The van der Waals surface area contributed by atoms with Crippen LogP contribution in [0, 0.1) is 0 Å². The van der Waals surface area contributed by atoms with Crippen LogP contribution in [0.2, 0.25) is 0 Å². The highest BCUT2D eigenvalue weighted by Gasteiger charge is 2.36. The molecule has 2 atom stereocenters. The van der Waals surface area contributed by atoms with Gasteiger partial charge in [0.1, 0.15) is 0 Å². The summed E-state index contributed by atoms with van der Waals surface area (Å²) >= 11 is 2.01. The van der Waals surface area contributed by atoms with Crippen LogP contribution in [-0.4, -0.2) is 5.25 Å². The highest BCUT2D eigenvalue weighted by Crippen LogP contribution is 2.54. The Balaban J connectivity index is 1.50. The van der Waals surface area contributed by atoms with Gasteiger partial charge in [-0.1, -0.05) is 103 Å². The van der Waals surface area contributed by atoms with E-state index in [2.05, 4.69) is 121 Å². The smallest absolute Gasteiger partial charge is 0.0454 e. The quantitative estimate of drug-likeness (QED) is 0.326. The van der Waals surface area contributed by atoms with Crippen molar-refractivity contribution in [2.24, 2.45) is 0 Å². The van der Waals surface area contributed by atoms with E-state index in [-0.39, 0.29) is 0 Å². The fraction of sp³-hybridized carbons (Fsp3) is 0.0667. The summed E-state index contributed by atoms with van der Waals surface area (Å²) in [6, 6.07) is 39.4. The van der Waals surface area contributed by atoms with Crippen LogP contribution in [0.25, 0.3) is 22.3 Å². The zero-order chi connectivity index (χ0) is 20.6. The van der Waals surface area contributed by atoms with E-state index < -0.39 is 0 Å². The molecule has 6 rings (SSSR count). The molecule has 0 aromatic heterocycles. The molecule has 148 valence electrons. The Morgan fingerprint density at radius 1 is 0.581 bits per heavy atom. The Hall–Kier alpha value is -3.29. The molecule has 2 unspecified atom stereocenters. The SMILES string of the molecule is C1=C(c2ccccc2)C=C2c3cc(-c4ccccc4)ccc3SC2C1c1ccccc1. The van der Waals surface area contributed by atoms with Crippen LogP contribution in [0.1, 0.15) is 22.6 Å². The van der Waals surface area contributed by atoms with Crippen LogP contribution in [0.5, 0.6) is 0 Å². The molecule has 31 heavy (non-hydrogen) atoms. The molecule has 1 aliphatic carbocycles. The second-order valence-electron chi connectivity index (χ2n) is 8.14. The summed E-state index contributed by atoms with van der Waals surface area (Å²) in [5.74, 6) is 0.356. The van der Waals surface area contributed by atoms with E-state index in [0.717, 1.165) is 0 Å². The topological polar surface area (TPSA) is 0 Å². The Morgan fingerprint density at radius 3 is 1.94 bits per heavy atom. The summed E-state index contributed by atoms with van der Waals surface area (Å²) in [4.78, 5) is 1.39. The Bertz CT molecular complexity index is 1280. The third-order valence-corrected chi connectivity index (χ3v) is 7.66. The van der Waals surface area contributed by atoms with Gasteiger partial charge in [0.15, 0.2) is 0 Å². The highest BCUT2D eigenvalue weighted by molar-refractivity contribution is 8.01. The van der Waals surface area contributed by atoms with Crippen molar-refractivity contribution in [2.75, 3.05) is 0 Å². The summed E-state index contributed by atoms with van der Waals surface area (Å²) in [6.45, 7) is 0. The Morgan fingerprint density at radius 2 is 1.23 bits per heavy atom. The number of benzene rings is 4. The molecule has 4 aromatic rings. The van der Waals surface area contributed by atoms with Crippen LogP contribution in [-0.2, 0) is 0 Å². The second kappa shape index (κ2) is 7.76. The van der Waals surface area contributed by atoms with Crippen LogP contribution in [0.3, 0.4) is 0 Å². The molecule has 4 aromatic carbocycles. The number of rotatable bonds is 3.